The molecule has 104 valence electrons. The van der Waals surface area contributed by atoms with E-state index in [-0.39, 0.29) is 11.8 Å². The van der Waals surface area contributed by atoms with E-state index in [2.05, 4.69) is 10.2 Å². The molecule has 1 saturated heterocycles. The predicted octanol–water partition coefficient (Wildman–Crippen LogP) is 2.29. The predicted molar refractivity (Wildman–Crippen MR) is 73.3 cm³/mol. The van der Waals surface area contributed by atoms with Crippen LogP contribution in [-0.4, -0.2) is 34.1 Å². The molecule has 2 aromatic rings. The van der Waals surface area contributed by atoms with Crippen molar-refractivity contribution in [3.63, 3.8) is 0 Å². The van der Waals surface area contributed by atoms with E-state index in [1.807, 2.05) is 30.3 Å². The van der Waals surface area contributed by atoms with Gasteiger partial charge in [0, 0.05) is 13.1 Å². The van der Waals surface area contributed by atoms with Crippen LogP contribution >= 0.6 is 0 Å². The number of hydrogen-bond donors (Lipinski definition) is 0. The number of amides is 1. The molecule has 0 aliphatic carbocycles. The molecule has 0 radical (unpaired) electrons. The zero-order valence-corrected chi connectivity index (χ0v) is 11.3. The first kappa shape index (κ1) is 12.8. The van der Waals surface area contributed by atoms with Crippen molar-refractivity contribution in [3.05, 3.63) is 47.7 Å². The topological polar surface area (TPSA) is 59.2 Å². The van der Waals surface area contributed by atoms with Gasteiger partial charge in [-0.15, -0.1) is 10.2 Å². The number of likely N-dealkylation sites (tertiary alicyclic amines) is 1. The Balaban J connectivity index is 1.68. The molecule has 0 spiro atoms. The lowest BCUT2D eigenvalue weighted by Gasteiger charge is -2.24. The third-order valence-electron chi connectivity index (χ3n) is 3.49. The molecule has 1 aliphatic rings. The van der Waals surface area contributed by atoms with Gasteiger partial charge in [-0.2, -0.15) is 0 Å². The molecule has 0 atom stereocenters. The Morgan fingerprint density at radius 3 is 2.60 bits per heavy atom. The van der Waals surface area contributed by atoms with E-state index in [1.54, 1.807) is 4.90 Å². The second-order valence-electron chi connectivity index (χ2n) is 5.02. The van der Waals surface area contributed by atoms with Gasteiger partial charge in [0.05, 0.1) is 6.42 Å². The summed E-state index contributed by atoms with van der Waals surface area (Å²) >= 11 is 0. The minimum absolute atomic E-state index is 0.109. The highest BCUT2D eigenvalue weighted by Crippen LogP contribution is 2.14. The molecule has 0 saturated carbocycles. The summed E-state index contributed by atoms with van der Waals surface area (Å²) in [6.07, 6.45) is 3.85. The molecule has 0 unspecified atom stereocenters. The lowest BCUT2D eigenvalue weighted by molar-refractivity contribution is 0.0682. The smallest absolute Gasteiger partial charge is 0.311 e. The van der Waals surface area contributed by atoms with Crippen LogP contribution in [-0.2, 0) is 6.42 Å². The van der Waals surface area contributed by atoms with Crippen LogP contribution in [0.4, 0.5) is 0 Å². The lowest BCUT2D eigenvalue weighted by atomic mass is 10.1. The van der Waals surface area contributed by atoms with Crippen molar-refractivity contribution >= 4 is 5.91 Å². The average molecular weight is 271 g/mol. The van der Waals surface area contributed by atoms with E-state index in [4.69, 9.17) is 4.42 Å². The van der Waals surface area contributed by atoms with Crippen LogP contribution in [0, 0.1) is 0 Å². The Morgan fingerprint density at radius 1 is 1.10 bits per heavy atom. The molecule has 1 fully saturated rings. The summed E-state index contributed by atoms with van der Waals surface area (Å²) in [4.78, 5) is 14.0. The fourth-order valence-corrected chi connectivity index (χ4v) is 2.41. The third-order valence-corrected chi connectivity index (χ3v) is 3.49. The quantitative estimate of drug-likeness (QED) is 0.859. The molecule has 20 heavy (non-hydrogen) atoms. The molecule has 1 aliphatic heterocycles. The average Bonchev–Trinajstić information content (AvgIpc) is 2.97. The minimum Gasteiger partial charge on any atom is -0.417 e. The first-order valence-corrected chi connectivity index (χ1v) is 6.98. The van der Waals surface area contributed by atoms with Crippen LogP contribution in [0.25, 0.3) is 0 Å². The number of nitrogens with zero attached hydrogens (tertiary/aromatic N) is 3. The van der Waals surface area contributed by atoms with Gasteiger partial charge < -0.3 is 9.32 Å². The molecule has 3 rings (SSSR count). The van der Waals surface area contributed by atoms with Gasteiger partial charge in [-0.3, -0.25) is 4.79 Å². The molecule has 0 N–H and O–H groups in total. The zero-order valence-electron chi connectivity index (χ0n) is 11.3. The minimum atomic E-state index is -0.142. The SMILES string of the molecule is O=C(c1nnc(Cc2ccccc2)o1)N1CCCCC1. The summed E-state index contributed by atoms with van der Waals surface area (Å²) in [6.45, 7) is 1.57. The van der Waals surface area contributed by atoms with Crippen LogP contribution in [0.15, 0.2) is 34.7 Å². The van der Waals surface area contributed by atoms with Crippen molar-refractivity contribution < 1.29 is 9.21 Å². The fraction of sp³-hybridized carbons (Fsp3) is 0.400. The zero-order chi connectivity index (χ0) is 13.8. The first-order valence-electron chi connectivity index (χ1n) is 6.98. The summed E-state index contributed by atoms with van der Waals surface area (Å²) in [7, 11) is 0. The fourth-order valence-electron chi connectivity index (χ4n) is 2.41. The van der Waals surface area contributed by atoms with Gasteiger partial charge in [0.25, 0.3) is 0 Å². The maximum Gasteiger partial charge on any atom is 0.311 e. The number of hydrogen-bond acceptors (Lipinski definition) is 4. The van der Waals surface area contributed by atoms with Gasteiger partial charge in [-0.25, -0.2) is 0 Å². The Bertz CT molecular complexity index is 574. The van der Waals surface area contributed by atoms with Crippen LogP contribution in [0.5, 0.6) is 0 Å². The maximum atomic E-state index is 12.2. The number of rotatable bonds is 3. The Hall–Kier alpha value is -2.17. The molecule has 5 heteroatoms. The second-order valence-corrected chi connectivity index (χ2v) is 5.02. The standard InChI is InChI=1S/C15H17N3O2/c19-15(18-9-5-2-6-10-18)14-17-16-13(20-14)11-12-7-3-1-4-8-12/h1,3-4,7-8H,2,5-6,9-11H2. The molecular weight excluding hydrogens is 254 g/mol. The summed E-state index contributed by atoms with van der Waals surface area (Å²) < 4.78 is 5.49. The summed E-state index contributed by atoms with van der Waals surface area (Å²) in [5, 5.41) is 7.84. The monoisotopic (exact) mass is 271 g/mol. The van der Waals surface area contributed by atoms with E-state index >= 15 is 0 Å². The van der Waals surface area contributed by atoms with E-state index in [0.29, 0.717) is 12.3 Å². The number of benzene rings is 1. The van der Waals surface area contributed by atoms with Crippen LogP contribution < -0.4 is 0 Å². The number of piperidine rings is 1. The van der Waals surface area contributed by atoms with Crippen molar-refractivity contribution in [1.29, 1.82) is 0 Å². The Morgan fingerprint density at radius 2 is 1.85 bits per heavy atom. The second kappa shape index (κ2) is 5.86. The highest BCUT2D eigenvalue weighted by molar-refractivity contribution is 5.89. The van der Waals surface area contributed by atoms with Gasteiger partial charge in [-0.1, -0.05) is 30.3 Å². The van der Waals surface area contributed by atoms with Crippen molar-refractivity contribution in [3.8, 4) is 0 Å². The van der Waals surface area contributed by atoms with Crippen LogP contribution in [0.2, 0.25) is 0 Å². The van der Waals surface area contributed by atoms with Crippen molar-refractivity contribution in [1.82, 2.24) is 15.1 Å². The van der Waals surface area contributed by atoms with E-state index in [9.17, 15) is 4.79 Å². The summed E-state index contributed by atoms with van der Waals surface area (Å²) in [6, 6.07) is 9.88. The maximum absolute atomic E-state index is 12.2. The van der Waals surface area contributed by atoms with Gasteiger partial charge in [0.1, 0.15) is 0 Å². The molecule has 2 heterocycles. The first-order chi connectivity index (χ1) is 9.83. The van der Waals surface area contributed by atoms with Crippen LogP contribution in [0.3, 0.4) is 0 Å². The van der Waals surface area contributed by atoms with Gasteiger partial charge >= 0.3 is 11.8 Å². The lowest BCUT2D eigenvalue weighted by Crippen LogP contribution is -2.35. The van der Waals surface area contributed by atoms with Gasteiger partial charge in [0.15, 0.2) is 0 Å². The van der Waals surface area contributed by atoms with Crippen LogP contribution in [0.1, 0.15) is 41.4 Å². The molecule has 0 bridgehead atoms. The third kappa shape index (κ3) is 2.87. The summed E-state index contributed by atoms with van der Waals surface area (Å²) in [5.74, 6) is 0.450. The van der Waals surface area contributed by atoms with E-state index < -0.39 is 0 Å². The van der Waals surface area contributed by atoms with E-state index in [1.165, 1.54) is 6.42 Å². The summed E-state index contributed by atoms with van der Waals surface area (Å²) in [5.41, 5.74) is 1.09. The Labute approximate surface area is 117 Å². The van der Waals surface area contributed by atoms with Gasteiger partial charge in [0.2, 0.25) is 5.89 Å². The normalized spacial score (nSPS) is 15.3. The molecule has 1 amide bonds. The number of carbonyl (C=O) groups excluding carboxylic acids is 1. The number of aromatic nitrogens is 2. The van der Waals surface area contributed by atoms with Crippen molar-refractivity contribution in [2.75, 3.05) is 13.1 Å². The largest absolute Gasteiger partial charge is 0.417 e. The molecule has 1 aromatic carbocycles. The van der Waals surface area contributed by atoms with Crippen molar-refractivity contribution in [2.24, 2.45) is 0 Å². The molecule has 5 nitrogen and oxygen atoms in total. The van der Waals surface area contributed by atoms with Crippen molar-refractivity contribution in [2.45, 2.75) is 25.7 Å². The number of carbonyl (C=O) groups is 1. The highest BCUT2D eigenvalue weighted by atomic mass is 16.4. The van der Waals surface area contributed by atoms with E-state index in [0.717, 1.165) is 31.5 Å². The molecular formula is C15H17N3O2. The Kier molecular flexibility index (Phi) is 3.76. The molecule has 1 aromatic heterocycles. The highest BCUT2D eigenvalue weighted by Gasteiger charge is 2.23. The van der Waals surface area contributed by atoms with Gasteiger partial charge in [-0.05, 0) is 24.8 Å².